The van der Waals surface area contributed by atoms with Crippen LogP contribution in [0.1, 0.15) is 11.7 Å². The smallest absolute Gasteiger partial charge is 0.237 e. The van der Waals surface area contributed by atoms with E-state index in [4.69, 9.17) is 4.52 Å². The van der Waals surface area contributed by atoms with Crippen LogP contribution in [-0.4, -0.2) is 20.1 Å². The minimum absolute atomic E-state index is 0.557. The van der Waals surface area contributed by atoms with Gasteiger partial charge in [0.05, 0.1) is 11.3 Å². The molecule has 0 atom stereocenters. The number of thioether (sulfide) groups is 1. The summed E-state index contributed by atoms with van der Waals surface area (Å²) in [6.07, 6.45) is 0. The largest absolute Gasteiger partial charge is 0.338 e. The van der Waals surface area contributed by atoms with Crippen LogP contribution < -0.4 is 0 Å². The molecule has 0 amide bonds. The Balaban J connectivity index is 1.57. The van der Waals surface area contributed by atoms with E-state index in [1.807, 2.05) is 55.5 Å². The standard InChI is InChI=1S/C18H13BrN4OS/c1-11-20-15-8-3-2-7-14(15)18(21-11)25-10-16-22-17(23-24-16)12-5-4-6-13(19)9-12/h2-9H,10H2,1H3. The summed E-state index contributed by atoms with van der Waals surface area (Å²) in [6.45, 7) is 1.90. The number of halogens is 1. The normalized spacial score (nSPS) is 11.1. The van der Waals surface area contributed by atoms with Crippen LogP contribution in [0.3, 0.4) is 0 Å². The molecule has 5 nitrogen and oxygen atoms in total. The van der Waals surface area contributed by atoms with E-state index >= 15 is 0 Å². The first kappa shape index (κ1) is 16.2. The van der Waals surface area contributed by atoms with Crippen LogP contribution in [0.2, 0.25) is 0 Å². The molecule has 0 radical (unpaired) electrons. The van der Waals surface area contributed by atoms with Gasteiger partial charge in [-0.25, -0.2) is 9.97 Å². The summed E-state index contributed by atoms with van der Waals surface area (Å²) < 4.78 is 6.36. The topological polar surface area (TPSA) is 64.7 Å². The summed E-state index contributed by atoms with van der Waals surface area (Å²) in [5.41, 5.74) is 1.86. The minimum atomic E-state index is 0.557. The third-order valence-electron chi connectivity index (χ3n) is 3.56. The van der Waals surface area contributed by atoms with E-state index in [2.05, 4.69) is 36.0 Å². The zero-order chi connectivity index (χ0) is 17.2. The molecule has 124 valence electrons. The molecule has 4 rings (SSSR count). The van der Waals surface area contributed by atoms with E-state index in [9.17, 15) is 0 Å². The summed E-state index contributed by atoms with van der Waals surface area (Å²) in [7, 11) is 0. The molecule has 7 heteroatoms. The number of hydrogen-bond donors (Lipinski definition) is 0. The Morgan fingerprint density at radius 2 is 1.92 bits per heavy atom. The van der Waals surface area contributed by atoms with Crippen LogP contribution in [-0.2, 0) is 5.75 Å². The lowest BCUT2D eigenvalue weighted by Crippen LogP contribution is -1.93. The Kier molecular flexibility index (Phi) is 4.50. The average molecular weight is 413 g/mol. The number of rotatable bonds is 4. The number of nitrogens with zero attached hydrogens (tertiary/aromatic N) is 4. The van der Waals surface area contributed by atoms with Gasteiger partial charge in [-0.3, -0.25) is 0 Å². The summed E-state index contributed by atoms with van der Waals surface area (Å²) in [5, 5.41) is 6.02. The number of aromatic nitrogens is 4. The maximum atomic E-state index is 5.38. The van der Waals surface area contributed by atoms with Crippen molar-refractivity contribution in [3.8, 4) is 11.4 Å². The van der Waals surface area contributed by atoms with E-state index in [0.717, 1.165) is 31.8 Å². The van der Waals surface area contributed by atoms with Gasteiger partial charge in [-0.2, -0.15) is 4.98 Å². The zero-order valence-electron chi connectivity index (χ0n) is 13.3. The fourth-order valence-electron chi connectivity index (χ4n) is 2.46. The van der Waals surface area contributed by atoms with Crippen molar-refractivity contribution in [3.05, 3.63) is 64.7 Å². The van der Waals surface area contributed by atoms with Crippen LogP contribution in [0.15, 0.2) is 62.6 Å². The maximum absolute atomic E-state index is 5.38. The Morgan fingerprint density at radius 3 is 2.80 bits per heavy atom. The van der Waals surface area contributed by atoms with Gasteiger partial charge in [-0.05, 0) is 25.1 Å². The molecule has 0 unspecified atom stereocenters. The van der Waals surface area contributed by atoms with Crippen LogP contribution in [0.25, 0.3) is 22.3 Å². The van der Waals surface area contributed by atoms with Crippen LogP contribution >= 0.6 is 27.7 Å². The van der Waals surface area contributed by atoms with E-state index < -0.39 is 0 Å². The quantitative estimate of drug-likeness (QED) is 0.345. The molecule has 0 aliphatic rings. The van der Waals surface area contributed by atoms with Gasteiger partial charge in [-0.15, -0.1) is 0 Å². The van der Waals surface area contributed by atoms with Crippen molar-refractivity contribution in [3.63, 3.8) is 0 Å². The molecular weight excluding hydrogens is 400 g/mol. The summed E-state index contributed by atoms with van der Waals surface area (Å²) >= 11 is 5.03. The second kappa shape index (κ2) is 6.93. The van der Waals surface area contributed by atoms with Crippen molar-refractivity contribution in [1.29, 1.82) is 0 Å². The predicted molar refractivity (Wildman–Crippen MR) is 101 cm³/mol. The molecule has 2 heterocycles. The molecule has 4 aromatic rings. The van der Waals surface area contributed by atoms with Gasteiger partial charge in [0.2, 0.25) is 11.7 Å². The molecule has 0 saturated carbocycles. The molecule has 0 spiro atoms. The molecule has 25 heavy (non-hydrogen) atoms. The molecular formula is C18H13BrN4OS. The van der Waals surface area contributed by atoms with Crippen LogP contribution in [0.5, 0.6) is 0 Å². The highest BCUT2D eigenvalue weighted by Gasteiger charge is 2.12. The fraction of sp³-hybridized carbons (Fsp3) is 0.111. The number of hydrogen-bond acceptors (Lipinski definition) is 6. The Labute approximate surface area is 157 Å². The van der Waals surface area contributed by atoms with Gasteiger partial charge < -0.3 is 4.52 Å². The second-order valence-corrected chi connectivity index (χ2v) is 7.28. The van der Waals surface area contributed by atoms with Crippen molar-refractivity contribution >= 4 is 38.6 Å². The first-order chi connectivity index (χ1) is 12.2. The Hall–Kier alpha value is -2.25. The summed E-state index contributed by atoms with van der Waals surface area (Å²) in [6, 6.07) is 15.8. The number of benzene rings is 2. The van der Waals surface area contributed by atoms with Gasteiger partial charge in [-0.1, -0.05) is 63.2 Å². The highest BCUT2D eigenvalue weighted by atomic mass is 79.9. The van der Waals surface area contributed by atoms with E-state index in [-0.39, 0.29) is 0 Å². The molecule has 0 fully saturated rings. The van der Waals surface area contributed by atoms with Crippen LogP contribution in [0, 0.1) is 6.92 Å². The van der Waals surface area contributed by atoms with E-state index in [1.54, 1.807) is 11.8 Å². The minimum Gasteiger partial charge on any atom is -0.338 e. The first-order valence-corrected chi connectivity index (χ1v) is 9.41. The Morgan fingerprint density at radius 1 is 1.04 bits per heavy atom. The van der Waals surface area contributed by atoms with Crippen LogP contribution in [0.4, 0.5) is 0 Å². The highest BCUT2D eigenvalue weighted by molar-refractivity contribution is 9.10. The van der Waals surface area contributed by atoms with Crippen molar-refractivity contribution < 1.29 is 4.52 Å². The lowest BCUT2D eigenvalue weighted by Gasteiger charge is -2.04. The summed E-state index contributed by atoms with van der Waals surface area (Å²) in [4.78, 5) is 13.5. The van der Waals surface area contributed by atoms with E-state index in [0.29, 0.717) is 17.5 Å². The average Bonchev–Trinajstić information content (AvgIpc) is 3.08. The number of aryl methyl sites for hydroxylation is 1. The SMILES string of the molecule is Cc1nc(SCc2nc(-c3cccc(Br)c3)no2)c2ccccc2n1. The molecule has 0 saturated heterocycles. The van der Waals surface area contributed by atoms with Crippen molar-refractivity contribution in [2.45, 2.75) is 17.7 Å². The van der Waals surface area contributed by atoms with Gasteiger partial charge in [0, 0.05) is 15.4 Å². The molecule has 2 aromatic carbocycles. The van der Waals surface area contributed by atoms with Gasteiger partial charge in [0.15, 0.2) is 0 Å². The fourth-order valence-corrected chi connectivity index (χ4v) is 3.76. The van der Waals surface area contributed by atoms with Gasteiger partial charge in [0.25, 0.3) is 0 Å². The van der Waals surface area contributed by atoms with Crippen molar-refractivity contribution in [1.82, 2.24) is 20.1 Å². The van der Waals surface area contributed by atoms with Gasteiger partial charge >= 0.3 is 0 Å². The summed E-state index contributed by atoms with van der Waals surface area (Å²) in [5.74, 6) is 2.46. The van der Waals surface area contributed by atoms with E-state index in [1.165, 1.54) is 0 Å². The molecule has 2 aromatic heterocycles. The van der Waals surface area contributed by atoms with Crippen molar-refractivity contribution in [2.75, 3.05) is 0 Å². The highest BCUT2D eigenvalue weighted by Crippen LogP contribution is 2.28. The van der Waals surface area contributed by atoms with Crippen molar-refractivity contribution in [2.24, 2.45) is 0 Å². The predicted octanol–water partition coefficient (Wildman–Crippen LogP) is 5.04. The molecule has 0 aliphatic heterocycles. The van der Waals surface area contributed by atoms with Gasteiger partial charge in [0.1, 0.15) is 10.9 Å². The monoisotopic (exact) mass is 412 g/mol. The Bertz CT molecular complexity index is 1050. The third kappa shape index (κ3) is 3.57. The number of fused-ring (bicyclic) bond motifs is 1. The molecule has 0 bridgehead atoms. The first-order valence-electron chi connectivity index (χ1n) is 7.64. The maximum Gasteiger partial charge on any atom is 0.237 e. The third-order valence-corrected chi connectivity index (χ3v) is 5.03. The lowest BCUT2D eigenvalue weighted by atomic mass is 10.2. The zero-order valence-corrected chi connectivity index (χ0v) is 15.7. The second-order valence-electron chi connectivity index (χ2n) is 5.40. The lowest BCUT2D eigenvalue weighted by molar-refractivity contribution is 0.391. The molecule has 0 N–H and O–H groups in total. The molecule has 0 aliphatic carbocycles. The number of para-hydroxylation sites is 1.